The topological polar surface area (TPSA) is 67.9 Å². The van der Waals surface area contributed by atoms with Crippen LogP contribution < -0.4 is 19.7 Å². The molecule has 1 aromatic heterocycles. The number of hydrogen-bond acceptors (Lipinski definition) is 6. The molecule has 0 spiro atoms. The maximum Gasteiger partial charge on any atom is 0.282 e. The van der Waals surface area contributed by atoms with Gasteiger partial charge < -0.3 is 14.8 Å². The number of thiophene rings is 1. The number of carbonyl (C=O) groups excluding carboxylic acids is 2. The van der Waals surface area contributed by atoms with Crippen molar-refractivity contribution in [3.63, 3.8) is 0 Å². The van der Waals surface area contributed by atoms with Gasteiger partial charge in [0.2, 0.25) is 0 Å². The lowest BCUT2D eigenvalue weighted by molar-refractivity contribution is -0.120. The lowest BCUT2D eigenvalue weighted by Gasteiger charge is -2.19. The fourth-order valence-corrected chi connectivity index (χ4v) is 4.27. The molecule has 0 saturated carbocycles. The summed E-state index contributed by atoms with van der Waals surface area (Å²) in [6.07, 6.45) is 0. The maximum absolute atomic E-state index is 13.5. The molecule has 4 rings (SSSR count). The van der Waals surface area contributed by atoms with Gasteiger partial charge in [0.15, 0.2) is 0 Å². The van der Waals surface area contributed by atoms with E-state index in [4.69, 9.17) is 9.47 Å². The molecule has 1 aliphatic heterocycles. The summed E-state index contributed by atoms with van der Waals surface area (Å²) in [5.74, 6) is 0.112. The molecule has 0 radical (unpaired) electrons. The van der Waals surface area contributed by atoms with Crippen LogP contribution in [0.3, 0.4) is 0 Å². The largest absolute Gasteiger partial charge is 0.497 e. The van der Waals surface area contributed by atoms with Gasteiger partial charge in [-0.15, -0.1) is 11.3 Å². The third-order valence-electron chi connectivity index (χ3n) is 5.34. The molecule has 2 heterocycles. The number of carbonyl (C=O) groups is 2. The highest BCUT2D eigenvalue weighted by Gasteiger charge is 2.42. The van der Waals surface area contributed by atoms with Crippen molar-refractivity contribution >= 4 is 40.1 Å². The molecule has 0 atom stereocenters. The molecule has 0 fully saturated rings. The molecule has 1 N–H and O–H groups in total. The van der Waals surface area contributed by atoms with Crippen molar-refractivity contribution in [2.75, 3.05) is 24.4 Å². The average molecular weight is 435 g/mol. The highest BCUT2D eigenvalue weighted by Crippen LogP contribution is 2.40. The summed E-state index contributed by atoms with van der Waals surface area (Å²) in [6.45, 7) is 3.99. The number of nitrogens with one attached hydrogen (secondary N) is 1. The summed E-state index contributed by atoms with van der Waals surface area (Å²) in [6, 6.07) is 14.5. The van der Waals surface area contributed by atoms with Crippen LogP contribution in [0.4, 0.5) is 11.4 Å². The number of amides is 2. The van der Waals surface area contributed by atoms with Crippen LogP contribution in [0, 0.1) is 13.8 Å². The Kier molecular flexibility index (Phi) is 5.52. The number of imide groups is 1. The van der Waals surface area contributed by atoms with Crippen molar-refractivity contribution in [1.82, 2.24) is 0 Å². The fourth-order valence-electron chi connectivity index (χ4n) is 3.50. The molecule has 7 heteroatoms. The van der Waals surface area contributed by atoms with Gasteiger partial charge in [0.25, 0.3) is 11.8 Å². The summed E-state index contributed by atoms with van der Waals surface area (Å²) in [7, 11) is 3.04. The van der Waals surface area contributed by atoms with E-state index in [1.807, 2.05) is 49.6 Å². The van der Waals surface area contributed by atoms with E-state index < -0.39 is 11.8 Å². The Balaban J connectivity index is 1.83. The third kappa shape index (κ3) is 3.57. The smallest absolute Gasteiger partial charge is 0.282 e. The number of methoxy groups -OCH3 is 2. The summed E-state index contributed by atoms with van der Waals surface area (Å²) < 4.78 is 10.7. The van der Waals surface area contributed by atoms with Gasteiger partial charge in [-0.1, -0.05) is 18.2 Å². The van der Waals surface area contributed by atoms with E-state index >= 15 is 0 Å². The Morgan fingerprint density at radius 2 is 1.74 bits per heavy atom. The highest BCUT2D eigenvalue weighted by atomic mass is 32.1. The molecule has 0 bridgehead atoms. The maximum atomic E-state index is 13.5. The highest BCUT2D eigenvalue weighted by molar-refractivity contribution is 7.11. The SMILES string of the molecule is COc1ccc(N2C(=O)C(Nc3cccc(C)c3C)=C(c3cccs3)C2=O)c(OC)c1. The van der Waals surface area contributed by atoms with Crippen molar-refractivity contribution in [2.45, 2.75) is 13.8 Å². The van der Waals surface area contributed by atoms with Crippen LogP contribution in [0.5, 0.6) is 11.5 Å². The van der Waals surface area contributed by atoms with Crippen molar-refractivity contribution in [3.8, 4) is 11.5 Å². The molecule has 2 aromatic carbocycles. The van der Waals surface area contributed by atoms with Gasteiger partial charge in [0.05, 0.1) is 25.5 Å². The lowest BCUT2D eigenvalue weighted by atomic mass is 10.1. The van der Waals surface area contributed by atoms with Crippen LogP contribution >= 0.6 is 11.3 Å². The van der Waals surface area contributed by atoms with E-state index in [0.717, 1.165) is 26.6 Å². The normalized spacial score (nSPS) is 13.7. The first kappa shape index (κ1) is 20.7. The lowest BCUT2D eigenvalue weighted by Crippen LogP contribution is -2.32. The first-order valence-corrected chi connectivity index (χ1v) is 10.6. The fraction of sp³-hybridized carbons (Fsp3) is 0.167. The number of rotatable bonds is 6. The van der Waals surface area contributed by atoms with Crippen LogP contribution in [0.1, 0.15) is 16.0 Å². The van der Waals surface area contributed by atoms with Crippen LogP contribution in [-0.2, 0) is 9.59 Å². The van der Waals surface area contributed by atoms with Gasteiger partial charge in [-0.25, -0.2) is 4.90 Å². The van der Waals surface area contributed by atoms with Crippen LogP contribution in [0.15, 0.2) is 59.6 Å². The predicted molar refractivity (Wildman–Crippen MR) is 123 cm³/mol. The second-order valence-corrected chi connectivity index (χ2v) is 8.03. The van der Waals surface area contributed by atoms with Gasteiger partial charge in [-0.05, 0) is 54.6 Å². The summed E-state index contributed by atoms with van der Waals surface area (Å²) in [5, 5.41) is 5.12. The molecule has 0 unspecified atom stereocenters. The molecular weight excluding hydrogens is 412 g/mol. The molecule has 0 aliphatic carbocycles. The Morgan fingerprint density at radius 3 is 2.42 bits per heavy atom. The van der Waals surface area contributed by atoms with E-state index in [9.17, 15) is 9.59 Å². The molecule has 2 amide bonds. The minimum absolute atomic E-state index is 0.249. The minimum Gasteiger partial charge on any atom is -0.497 e. The number of benzene rings is 2. The second-order valence-electron chi connectivity index (χ2n) is 7.08. The van der Waals surface area contributed by atoms with Crippen LogP contribution in [0.2, 0.25) is 0 Å². The molecule has 0 saturated heterocycles. The van der Waals surface area contributed by atoms with E-state index in [-0.39, 0.29) is 5.70 Å². The predicted octanol–water partition coefficient (Wildman–Crippen LogP) is 4.78. The quantitative estimate of drug-likeness (QED) is 0.566. The van der Waals surface area contributed by atoms with Gasteiger partial charge >= 0.3 is 0 Å². The van der Waals surface area contributed by atoms with Crippen molar-refractivity contribution in [3.05, 3.63) is 75.6 Å². The van der Waals surface area contributed by atoms with Gasteiger partial charge in [0, 0.05) is 16.6 Å². The van der Waals surface area contributed by atoms with Crippen molar-refractivity contribution in [1.29, 1.82) is 0 Å². The number of nitrogens with zero attached hydrogens (tertiary/aromatic N) is 1. The van der Waals surface area contributed by atoms with Gasteiger partial charge in [-0.2, -0.15) is 0 Å². The second kappa shape index (κ2) is 8.28. The monoisotopic (exact) mass is 434 g/mol. The van der Waals surface area contributed by atoms with Crippen molar-refractivity contribution < 1.29 is 19.1 Å². The molecule has 3 aromatic rings. The van der Waals surface area contributed by atoms with Crippen LogP contribution in [-0.4, -0.2) is 26.0 Å². The summed E-state index contributed by atoms with van der Waals surface area (Å²) >= 11 is 1.41. The van der Waals surface area contributed by atoms with Crippen LogP contribution in [0.25, 0.3) is 5.57 Å². The first-order valence-electron chi connectivity index (χ1n) is 9.68. The van der Waals surface area contributed by atoms with Gasteiger partial charge in [0.1, 0.15) is 17.2 Å². The number of anilines is 2. The molecule has 1 aliphatic rings. The zero-order valence-electron chi connectivity index (χ0n) is 17.7. The number of hydrogen-bond donors (Lipinski definition) is 1. The molecular formula is C24H22N2O4S. The number of ether oxygens (including phenoxy) is 2. The van der Waals surface area contributed by atoms with Gasteiger partial charge in [-0.3, -0.25) is 9.59 Å². The number of aryl methyl sites for hydroxylation is 1. The summed E-state index contributed by atoms with van der Waals surface area (Å²) in [5.41, 5.74) is 3.85. The average Bonchev–Trinajstić information content (AvgIpc) is 3.38. The molecule has 6 nitrogen and oxygen atoms in total. The first-order chi connectivity index (χ1) is 15.0. The molecule has 31 heavy (non-hydrogen) atoms. The Morgan fingerprint density at radius 1 is 0.935 bits per heavy atom. The Labute approximate surface area is 184 Å². The van der Waals surface area contributed by atoms with E-state index in [0.29, 0.717) is 22.8 Å². The summed E-state index contributed by atoms with van der Waals surface area (Å²) in [4.78, 5) is 28.9. The Hall–Kier alpha value is -3.58. The van der Waals surface area contributed by atoms with E-state index in [2.05, 4.69) is 5.32 Å². The minimum atomic E-state index is -0.433. The van der Waals surface area contributed by atoms with E-state index in [1.165, 1.54) is 18.4 Å². The third-order valence-corrected chi connectivity index (χ3v) is 6.23. The zero-order chi connectivity index (χ0) is 22.1. The standard InChI is InChI=1S/C24H22N2O4S/c1-14-7-5-8-17(15(14)2)25-22-21(20-9-6-12-31-20)23(27)26(24(22)28)18-11-10-16(29-3)13-19(18)30-4/h5-13,25H,1-4H3. The van der Waals surface area contributed by atoms with E-state index in [1.54, 1.807) is 25.3 Å². The molecule has 158 valence electrons. The Bertz CT molecular complexity index is 1200. The zero-order valence-corrected chi connectivity index (χ0v) is 18.5. The van der Waals surface area contributed by atoms with Crippen molar-refractivity contribution in [2.24, 2.45) is 0 Å².